The van der Waals surface area contributed by atoms with Gasteiger partial charge in [0.05, 0.1) is 25.4 Å². The Labute approximate surface area is 316 Å². The SMILES string of the molecule is CSc1cc(C)[nH]c(=O)c1CNC(=O)c1cc(-c2ccc(N3C[C@@H](C)O[C@@H](C)C3)nc2)c2c(c1C)OC(C)(C1CCC(N(C)CC3OCCO3)CC1)O2. The molecule has 0 bridgehead atoms. The van der Waals surface area contributed by atoms with Crippen LogP contribution in [0.2, 0.25) is 0 Å². The van der Waals surface area contributed by atoms with E-state index >= 15 is 0 Å². The van der Waals surface area contributed by atoms with Crippen molar-refractivity contribution in [1.82, 2.24) is 20.2 Å². The molecule has 7 rings (SSSR count). The second kappa shape index (κ2) is 15.6. The molecule has 2 N–H and O–H groups in total. The molecule has 3 aromatic rings. The number of H-pyrrole nitrogens is 1. The van der Waals surface area contributed by atoms with Gasteiger partial charge in [0, 0.05) is 89.7 Å². The molecule has 2 aromatic heterocycles. The molecular formula is C40H53N5O7S. The number of likely N-dealkylation sites (N-methyl/N-ethyl adjacent to an activating group) is 1. The summed E-state index contributed by atoms with van der Waals surface area (Å²) in [5.74, 6) is 1.01. The highest BCUT2D eigenvalue weighted by molar-refractivity contribution is 7.98. The van der Waals surface area contributed by atoms with Gasteiger partial charge < -0.3 is 38.9 Å². The maximum Gasteiger partial charge on any atom is 0.254 e. The van der Waals surface area contributed by atoms with Gasteiger partial charge in [-0.2, -0.15) is 0 Å². The van der Waals surface area contributed by atoms with Crippen LogP contribution in [0, 0.1) is 19.8 Å². The average Bonchev–Trinajstić information content (AvgIpc) is 3.79. The van der Waals surface area contributed by atoms with Gasteiger partial charge in [-0.05, 0) is 90.9 Å². The zero-order valence-corrected chi connectivity index (χ0v) is 32.8. The summed E-state index contributed by atoms with van der Waals surface area (Å²) in [5.41, 5.74) is 3.82. The number of anilines is 1. The molecule has 5 heterocycles. The molecule has 286 valence electrons. The van der Waals surface area contributed by atoms with Crippen molar-refractivity contribution < 1.29 is 28.5 Å². The molecule has 0 spiro atoms. The third-order valence-corrected chi connectivity index (χ3v) is 12.0. The molecule has 12 nitrogen and oxygen atoms in total. The summed E-state index contributed by atoms with van der Waals surface area (Å²) in [5, 5.41) is 3.02. The number of rotatable bonds is 10. The minimum Gasteiger partial charge on any atom is -0.448 e. The van der Waals surface area contributed by atoms with Gasteiger partial charge in [-0.1, -0.05) is 0 Å². The van der Waals surface area contributed by atoms with Crippen LogP contribution in [-0.2, 0) is 20.8 Å². The van der Waals surface area contributed by atoms with E-state index in [-0.39, 0.29) is 42.4 Å². The molecule has 13 heteroatoms. The number of morpholine rings is 1. The van der Waals surface area contributed by atoms with Crippen LogP contribution in [0.25, 0.3) is 11.1 Å². The number of nitrogens with zero attached hydrogens (tertiary/aromatic N) is 3. The van der Waals surface area contributed by atoms with E-state index in [0.717, 1.165) is 72.9 Å². The molecule has 3 fully saturated rings. The molecule has 1 aromatic carbocycles. The Kier molecular flexibility index (Phi) is 11.1. The molecule has 3 aliphatic heterocycles. The highest BCUT2D eigenvalue weighted by atomic mass is 32.2. The van der Waals surface area contributed by atoms with Gasteiger partial charge in [0.2, 0.25) is 0 Å². The Morgan fingerprint density at radius 1 is 1.06 bits per heavy atom. The fourth-order valence-corrected chi connectivity index (χ4v) is 9.04. The summed E-state index contributed by atoms with van der Waals surface area (Å²) in [6, 6.07) is 8.29. The van der Waals surface area contributed by atoms with Crippen LogP contribution >= 0.6 is 11.8 Å². The number of aryl methyl sites for hydroxylation is 1. The van der Waals surface area contributed by atoms with Crippen molar-refractivity contribution in [1.29, 1.82) is 0 Å². The van der Waals surface area contributed by atoms with Crippen LogP contribution in [0.3, 0.4) is 0 Å². The zero-order valence-electron chi connectivity index (χ0n) is 32.0. The summed E-state index contributed by atoms with van der Waals surface area (Å²) < 4.78 is 31.1. The number of amides is 1. The van der Waals surface area contributed by atoms with E-state index < -0.39 is 5.79 Å². The summed E-state index contributed by atoms with van der Waals surface area (Å²) in [4.78, 5) is 40.1. The number of pyridine rings is 2. The number of hydrogen-bond acceptors (Lipinski definition) is 11. The van der Waals surface area contributed by atoms with Crippen molar-refractivity contribution in [3.63, 3.8) is 0 Å². The lowest BCUT2D eigenvalue weighted by atomic mass is 9.81. The molecule has 1 saturated carbocycles. The fourth-order valence-electron chi connectivity index (χ4n) is 8.34. The summed E-state index contributed by atoms with van der Waals surface area (Å²) in [7, 11) is 2.15. The van der Waals surface area contributed by atoms with E-state index in [1.807, 2.05) is 57.5 Å². The molecule has 2 saturated heterocycles. The van der Waals surface area contributed by atoms with Crippen LogP contribution in [-0.4, -0.2) is 97.3 Å². The summed E-state index contributed by atoms with van der Waals surface area (Å²) in [6.45, 7) is 13.6. The number of aromatic nitrogens is 2. The first-order valence-corrected chi connectivity index (χ1v) is 20.1. The van der Waals surface area contributed by atoms with Gasteiger partial charge in [-0.15, -0.1) is 11.8 Å². The lowest BCUT2D eigenvalue weighted by Gasteiger charge is -2.40. The number of hydrogen-bond donors (Lipinski definition) is 2. The summed E-state index contributed by atoms with van der Waals surface area (Å²) >= 11 is 1.48. The zero-order chi connectivity index (χ0) is 37.4. The van der Waals surface area contributed by atoms with E-state index in [4.69, 9.17) is 28.7 Å². The Morgan fingerprint density at radius 2 is 1.75 bits per heavy atom. The molecule has 1 amide bonds. The first-order chi connectivity index (χ1) is 25.4. The fraction of sp³-hybridized carbons (Fsp3) is 0.575. The van der Waals surface area contributed by atoms with Crippen molar-refractivity contribution >= 4 is 23.5 Å². The van der Waals surface area contributed by atoms with Crippen molar-refractivity contribution in [2.45, 2.75) is 102 Å². The lowest BCUT2D eigenvalue weighted by molar-refractivity contribution is -0.126. The van der Waals surface area contributed by atoms with Gasteiger partial charge >= 0.3 is 0 Å². The molecule has 1 aliphatic carbocycles. The smallest absolute Gasteiger partial charge is 0.254 e. The van der Waals surface area contributed by atoms with Crippen LogP contribution in [0.4, 0.5) is 5.82 Å². The van der Waals surface area contributed by atoms with Gasteiger partial charge in [0.1, 0.15) is 5.82 Å². The maximum atomic E-state index is 14.0. The molecule has 1 unspecified atom stereocenters. The van der Waals surface area contributed by atoms with E-state index in [1.54, 1.807) is 0 Å². The highest BCUT2D eigenvalue weighted by Crippen LogP contribution is 2.53. The monoisotopic (exact) mass is 747 g/mol. The third kappa shape index (κ3) is 7.95. The van der Waals surface area contributed by atoms with Crippen molar-refractivity contribution in [3.8, 4) is 22.6 Å². The van der Waals surface area contributed by atoms with E-state index in [2.05, 4.69) is 41.0 Å². The lowest BCUT2D eigenvalue weighted by Crippen LogP contribution is -2.48. The topological polar surface area (TPSA) is 127 Å². The van der Waals surface area contributed by atoms with Gasteiger partial charge in [-0.3, -0.25) is 14.5 Å². The average molecular weight is 748 g/mol. The predicted molar refractivity (Wildman–Crippen MR) is 205 cm³/mol. The maximum absolute atomic E-state index is 14.0. The van der Waals surface area contributed by atoms with E-state index in [1.165, 1.54) is 11.8 Å². The Bertz CT molecular complexity index is 1850. The van der Waals surface area contributed by atoms with Crippen LogP contribution in [0.1, 0.15) is 73.6 Å². The highest BCUT2D eigenvalue weighted by Gasteiger charge is 2.48. The number of thioether (sulfide) groups is 1. The minimum absolute atomic E-state index is 0.0921. The molecular weight excluding hydrogens is 695 g/mol. The molecule has 3 atom stereocenters. The standard InChI is InChI=1S/C40H53N5O7S/c1-23-16-33(53-7)32(39(47)43-23)19-42-38(46)30-17-31(27-8-13-34(41-18-27)45-20-24(2)50-25(3)21-45)37-36(26(30)4)51-40(5,52-37)28-9-11-29(12-10-28)44(6)22-35-48-14-15-49-35/h8,13,16-18,24-25,28-29,35H,9-12,14-15,19-22H2,1-7H3,(H,42,46)(H,43,47)/t24-,25+,28?,29?,40?. The third-order valence-electron chi connectivity index (χ3n) is 11.2. The molecule has 4 aliphatic rings. The van der Waals surface area contributed by atoms with Crippen molar-refractivity contribution in [2.24, 2.45) is 5.92 Å². The van der Waals surface area contributed by atoms with Crippen LogP contribution < -0.4 is 25.2 Å². The van der Waals surface area contributed by atoms with Gasteiger partial charge in [0.25, 0.3) is 17.3 Å². The number of aromatic amines is 1. The first-order valence-electron chi connectivity index (χ1n) is 18.8. The summed E-state index contributed by atoms with van der Waals surface area (Å²) in [6.07, 6.45) is 7.71. The van der Waals surface area contributed by atoms with Gasteiger partial charge in [0.15, 0.2) is 17.8 Å². The van der Waals surface area contributed by atoms with E-state index in [9.17, 15) is 9.59 Å². The van der Waals surface area contributed by atoms with Crippen LogP contribution in [0.5, 0.6) is 11.5 Å². The Hall–Kier alpha value is -3.62. The quantitative estimate of drug-likeness (QED) is 0.249. The Balaban J connectivity index is 1.16. The number of nitrogens with one attached hydrogen (secondary N) is 2. The normalized spacial score (nSPS) is 26.0. The second-order valence-corrected chi connectivity index (χ2v) is 16.0. The number of carbonyl (C=O) groups excluding carboxylic acids is 1. The van der Waals surface area contributed by atoms with E-state index in [0.29, 0.717) is 47.4 Å². The Morgan fingerprint density at radius 3 is 2.42 bits per heavy atom. The number of carbonyl (C=O) groups is 1. The minimum atomic E-state index is -0.909. The number of fused-ring (bicyclic) bond motifs is 1. The van der Waals surface area contributed by atoms with Gasteiger partial charge in [-0.25, -0.2) is 4.98 Å². The van der Waals surface area contributed by atoms with Crippen molar-refractivity contribution in [2.75, 3.05) is 51.1 Å². The second-order valence-electron chi connectivity index (χ2n) is 15.2. The number of ether oxygens (including phenoxy) is 5. The van der Waals surface area contributed by atoms with Crippen molar-refractivity contribution in [3.05, 3.63) is 63.2 Å². The predicted octanol–water partition coefficient (Wildman–Crippen LogP) is 5.67. The first kappa shape index (κ1) is 37.7. The largest absolute Gasteiger partial charge is 0.448 e. The molecule has 53 heavy (non-hydrogen) atoms. The number of benzene rings is 1. The molecule has 0 radical (unpaired) electrons. The van der Waals surface area contributed by atoms with Crippen LogP contribution in [0.15, 0.2) is 40.2 Å².